The molecule has 0 aromatic rings. The Kier molecular flexibility index (Phi) is 4.80. The van der Waals surface area contributed by atoms with E-state index in [0.29, 0.717) is 5.92 Å². The molecule has 1 unspecified atom stereocenters. The first-order valence-corrected chi connectivity index (χ1v) is 6.86. The monoisotopic (exact) mass is 240 g/mol. The van der Waals surface area contributed by atoms with E-state index in [1.165, 1.54) is 0 Å². The van der Waals surface area contributed by atoms with E-state index in [1.807, 2.05) is 0 Å². The average molecular weight is 240 g/mol. The molecular weight excluding hydrogens is 216 g/mol. The molecule has 2 fully saturated rings. The number of rotatable bonds is 3. The van der Waals surface area contributed by atoms with Crippen molar-refractivity contribution in [2.75, 3.05) is 26.3 Å². The number of piperidine rings is 1. The summed E-state index contributed by atoms with van der Waals surface area (Å²) >= 11 is 0. The van der Waals surface area contributed by atoms with E-state index >= 15 is 0 Å². The lowest BCUT2D eigenvalue weighted by Gasteiger charge is -2.30. The fraction of sp³-hybridized carbons (Fsp3) is 0.923. The Bertz CT molecular complexity index is 246. The van der Waals surface area contributed by atoms with Crippen LogP contribution in [0.3, 0.4) is 0 Å². The van der Waals surface area contributed by atoms with Crippen LogP contribution in [0.1, 0.15) is 32.6 Å². The van der Waals surface area contributed by atoms with Crippen LogP contribution >= 0.6 is 0 Å². The maximum atomic E-state index is 12.1. The van der Waals surface area contributed by atoms with E-state index in [-0.39, 0.29) is 17.9 Å². The van der Waals surface area contributed by atoms with Gasteiger partial charge in [-0.15, -0.1) is 0 Å². The third-order valence-corrected chi connectivity index (χ3v) is 4.01. The highest BCUT2D eigenvalue weighted by atomic mass is 16.5. The van der Waals surface area contributed by atoms with Crippen LogP contribution in [0.4, 0.5) is 0 Å². The summed E-state index contributed by atoms with van der Waals surface area (Å²) in [6.45, 7) is 5.71. The first kappa shape index (κ1) is 12.8. The molecule has 2 aliphatic heterocycles. The van der Waals surface area contributed by atoms with E-state index in [2.05, 4.69) is 17.6 Å². The smallest absolute Gasteiger partial charge is 0.224 e. The minimum absolute atomic E-state index is 0.172. The lowest BCUT2D eigenvalue weighted by molar-refractivity contribution is -0.126. The van der Waals surface area contributed by atoms with Crippen LogP contribution in [0.5, 0.6) is 0 Å². The van der Waals surface area contributed by atoms with Crippen molar-refractivity contribution in [1.29, 1.82) is 0 Å². The van der Waals surface area contributed by atoms with Gasteiger partial charge in [-0.2, -0.15) is 0 Å². The highest BCUT2D eigenvalue weighted by molar-refractivity contribution is 5.79. The lowest BCUT2D eigenvalue weighted by Crippen LogP contribution is -2.46. The van der Waals surface area contributed by atoms with Crippen molar-refractivity contribution in [2.24, 2.45) is 11.8 Å². The molecule has 0 spiro atoms. The van der Waals surface area contributed by atoms with Gasteiger partial charge in [0.15, 0.2) is 0 Å². The number of ether oxygens (including phenoxy) is 1. The van der Waals surface area contributed by atoms with E-state index < -0.39 is 0 Å². The Balaban J connectivity index is 1.76. The summed E-state index contributed by atoms with van der Waals surface area (Å²) in [4.78, 5) is 12.1. The van der Waals surface area contributed by atoms with Gasteiger partial charge in [0.2, 0.25) is 5.91 Å². The summed E-state index contributed by atoms with van der Waals surface area (Å²) in [7, 11) is 0. The SMILES string of the molecule is CC(NC(=O)[C@H]1CCCNC1)C1CCOCC1. The van der Waals surface area contributed by atoms with Crippen molar-refractivity contribution in [3.63, 3.8) is 0 Å². The zero-order valence-corrected chi connectivity index (χ0v) is 10.7. The molecule has 0 radical (unpaired) electrons. The molecule has 0 aromatic heterocycles. The molecule has 1 amide bonds. The molecule has 2 N–H and O–H groups in total. The third kappa shape index (κ3) is 3.68. The fourth-order valence-corrected chi connectivity index (χ4v) is 2.75. The predicted octanol–water partition coefficient (Wildman–Crippen LogP) is 0.917. The Morgan fingerprint density at radius 2 is 2.12 bits per heavy atom. The van der Waals surface area contributed by atoms with E-state index in [9.17, 15) is 4.79 Å². The van der Waals surface area contributed by atoms with Gasteiger partial charge in [0.25, 0.3) is 0 Å². The second-order valence-electron chi connectivity index (χ2n) is 5.29. The quantitative estimate of drug-likeness (QED) is 0.771. The van der Waals surface area contributed by atoms with Gasteiger partial charge in [-0.1, -0.05) is 0 Å². The Morgan fingerprint density at radius 3 is 2.76 bits per heavy atom. The number of carbonyl (C=O) groups excluding carboxylic acids is 1. The van der Waals surface area contributed by atoms with Gasteiger partial charge in [0, 0.05) is 25.8 Å². The normalized spacial score (nSPS) is 28.6. The van der Waals surface area contributed by atoms with Crippen LogP contribution in [-0.4, -0.2) is 38.3 Å². The van der Waals surface area contributed by atoms with Crippen LogP contribution in [0.25, 0.3) is 0 Å². The highest BCUT2D eigenvalue weighted by Gasteiger charge is 2.26. The van der Waals surface area contributed by atoms with Crippen molar-refractivity contribution < 1.29 is 9.53 Å². The van der Waals surface area contributed by atoms with Crippen LogP contribution in [0.2, 0.25) is 0 Å². The average Bonchev–Trinajstić information content (AvgIpc) is 2.40. The molecule has 2 rings (SSSR count). The zero-order chi connectivity index (χ0) is 12.1. The molecule has 0 bridgehead atoms. The van der Waals surface area contributed by atoms with Crippen molar-refractivity contribution in [2.45, 2.75) is 38.6 Å². The largest absolute Gasteiger partial charge is 0.381 e. The summed E-state index contributed by atoms with van der Waals surface area (Å²) in [5.41, 5.74) is 0. The predicted molar refractivity (Wildman–Crippen MR) is 66.7 cm³/mol. The molecule has 2 heterocycles. The van der Waals surface area contributed by atoms with E-state index in [1.54, 1.807) is 0 Å². The molecule has 0 saturated carbocycles. The van der Waals surface area contributed by atoms with Crippen LogP contribution in [0, 0.1) is 11.8 Å². The summed E-state index contributed by atoms with van der Waals surface area (Å²) < 4.78 is 5.35. The molecule has 2 atom stereocenters. The Labute approximate surface area is 103 Å². The molecule has 2 aliphatic rings. The van der Waals surface area contributed by atoms with Crippen LogP contribution in [-0.2, 0) is 9.53 Å². The van der Waals surface area contributed by atoms with Crippen molar-refractivity contribution in [3.05, 3.63) is 0 Å². The zero-order valence-electron chi connectivity index (χ0n) is 10.7. The van der Waals surface area contributed by atoms with Gasteiger partial charge in [-0.25, -0.2) is 0 Å². The summed E-state index contributed by atoms with van der Waals surface area (Å²) in [5.74, 6) is 0.992. The molecule has 4 nitrogen and oxygen atoms in total. The minimum atomic E-state index is 0.172. The summed E-state index contributed by atoms with van der Waals surface area (Å²) in [6.07, 6.45) is 4.29. The molecule has 17 heavy (non-hydrogen) atoms. The summed E-state index contributed by atoms with van der Waals surface area (Å²) in [6, 6.07) is 0.285. The summed E-state index contributed by atoms with van der Waals surface area (Å²) in [5, 5.41) is 6.47. The van der Waals surface area contributed by atoms with Crippen molar-refractivity contribution in [3.8, 4) is 0 Å². The molecule has 98 valence electrons. The highest BCUT2D eigenvalue weighted by Crippen LogP contribution is 2.19. The molecule has 0 aliphatic carbocycles. The first-order chi connectivity index (χ1) is 8.27. The van der Waals surface area contributed by atoms with E-state index in [0.717, 1.165) is 52.0 Å². The number of hydrogen-bond acceptors (Lipinski definition) is 3. The van der Waals surface area contributed by atoms with Gasteiger partial charge < -0.3 is 15.4 Å². The van der Waals surface area contributed by atoms with E-state index in [4.69, 9.17) is 4.74 Å². The Hall–Kier alpha value is -0.610. The third-order valence-electron chi connectivity index (χ3n) is 4.01. The number of nitrogens with one attached hydrogen (secondary N) is 2. The first-order valence-electron chi connectivity index (χ1n) is 6.86. The minimum Gasteiger partial charge on any atom is -0.381 e. The molecule has 0 aromatic carbocycles. The molecule has 2 saturated heterocycles. The fourth-order valence-electron chi connectivity index (χ4n) is 2.75. The topological polar surface area (TPSA) is 50.4 Å². The molecule has 4 heteroatoms. The van der Waals surface area contributed by atoms with Gasteiger partial charge in [0.05, 0.1) is 5.92 Å². The second kappa shape index (κ2) is 6.36. The molecular formula is C13H24N2O2. The number of hydrogen-bond donors (Lipinski definition) is 2. The van der Waals surface area contributed by atoms with Crippen molar-refractivity contribution >= 4 is 5.91 Å². The van der Waals surface area contributed by atoms with Crippen molar-refractivity contribution in [1.82, 2.24) is 10.6 Å². The van der Waals surface area contributed by atoms with Crippen LogP contribution in [0.15, 0.2) is 0 Å². The van der Waals surface area contributed by atoms with Gasteiger partial charge in [-0.3, -0.25) is 4.79 Å². The second-order valence-corrected chi connectivity index (χ2v) is 5.29. The van der Waals surface area contributed by atoms with Gasteiger partial charge >= 0.3 is 0 Å². The maximum absolute atomic E-state index is 12.1. The van der Waals surface area contributed by atoms with Crippen LogP contribution < -0.4 is 10.6 Å². The standard InChI is InChI=1S/C13H24N2O2/c1-10(11-4-7-17-8-5-11)15-13(16)12-3-2-6-14-9-12/h10-12,14H,2-9H2,1H3,(H,15,16)/t10?,12-/m0/s1. The van der Waals surface area contributed by atoms with Gasteiger partial charge in [0.1, 0.15) is 0 Å². The number of carbonyl (C=O) groups is 1. The Morgan fingerprint density at radius 1 is 1.35 bits per heavy atom. The number of amides is 1. The lowest BCUT2D eigenvalue weighted by atomic mass is 9.91. The van der Waals surface area contributed by atoms with Gasteiger partial charge in [-0.05, 0) is 45.1 Å². The maximum Gasteiger partial charge on any atom is 0.224 e.